The van der Waals surface area contributed by atoms with Gasteiger partial charge in [0, 0.05) is 6.42 Å². The molecule has 0 heterocycles. The lowest BCUT2D eigenvalue weighted by Crippen LogP contribution is -2.03. The highest BCUT2D eigenvalue weighted by atomic mass is 79.9. The van der Waals surface area contributed by atoms with Crippen LogP contribution in [0.3, 0.4) is 0 Å². The van der Waals surface area contributed by atoms with E-state index in [0.717, 1.165) is 0 Å². The molecular formula is C15H13BrF2O2. The summed E-state index contributed by atoms with van der Waals surface area (Å²) < 4.78 is 31.8. The molecule has 1 atom stereocenters. The number of hydrogen-bond acceptors (Lipinski definition) is 2. The Morgan fingerprint density at radius 3 is 2.50 bits per heavy atom. The molecule has 0 bridgehead atoms. The minimum atomic E-state index is -0.834. The van der Waals surface area contributed by atoms with Crippen molar-refractivity contribution in [2.24, 2.45) is 0 Å². The first-order valence-electron chi connectivity index (χ1n) is 5.96. The van der Waals surface area contributed by atoms with Crippen molar-refractivity contribution in [3.63, 3.8) is 0 Å². The van der Waals surface area contributed by atoms with E-state index in [1.54, 1.807) is 6.07 Å². The van der Waals surface area contributed by atoms with E-state index in [2.05, 4.69) is 15.9 Å². The maximum atomic E-state index is 13.6. The molecule has 0 aromatic heterocycles. The molecule has 0 amide bonds. The largest absolute Gasteiger partial charge is 0.494 e. The van der Waals surface area contributed by atoms with Crippen LogP contribution in [0.15, 0.2) is 40.9 Å². The minimum Gasteiger partial charge on any atom is -0.494 e. The van der Waals surface area contributed by atoms with E-state index in [1.807, 2.05) is 0 Å². The van der Waals surface area contributed by atoms with Gasteiger partial charge in [0.2, 0.25) is 0 Å². The van der Waals surface area contributed by atoms with Crippen molar-refractivity contribution < 1.29 is 18.6 Å². The van der Waals surface area contributed by atoms with Crippen molar-refractivity contribution in [2.45, 2.75) is 12.5 Å². The van der Waals surface area contributed by atoms with Crippen LogP contribution in [-0.2, 0) is 6.42 Å². The fraction of sp³-hybridized carbons (Fsp3) is 0.200. The Balaban J connectivity index is 2.16. The monoisotopic (exact) mass is 342 g/mol. The summed E-state index contributed by atoms with van der Waals surface area (Å²) >= 11 is 3.07. The summed E-state index contributed by atoms with van der Waals surface area (Å²) in [6.45, 7) is 0. The van der Waals surface area contributed by atoms with Gasteiger partial charge in [0.15, 0.2) is 11.6 Å². The SMILES string of the molecule is COc1ccc(CC(O)c2ccc(F)c(Br)c2)cc1F. The molecule has 0 fully saturated rings. The zero-order chi connectivity index (χ0) is 14.7. The Morgan fingerprint density at radius 2 is 1.90 bits per heavy atom. The Morgan fingerprint density at radius 1 is 1.15 bits per heavy atom. The van der Waals surface area contributed by atoms with E-state index in [4.69, 9.17) is 4.74 Å². The molecule has 1 unspecified atom stereocenters. The number of benzene rings is 2. The van der Waals surface area contributed by atoms with Crippen LogP contribution in [0.4, 0.5) is 8.78 Å². The highest BCUT2D eigenvalue weighted by molar-refractivity contribution is 9.10. The van der Waals surface area contributed by atoms with Gasteiger partial charge in [0.25, 0.3) is 0 Å². The lowest BCUT2D eigenvalue weighted by molar-refractivity contribution is 0.178. The van der Waals surface area contributed by atoms with Gasteiger partial charge in [0.1, 0.15) is 5.82 Å². The minimum absolute atomic E-state index is 0.160. The third kappa shape index (κ3) is 3.35. The van der Waals surface area contributed by atoms with Crippen molar-refractivity contribution in [1.29, 1.82) is 0 Å². The summed E-state index contributed by atoms with van der Waals surface area (Å²) in [5.41, 5.74) is 1.20. The molecule has 2 nitrogen and oxygen atoms in total. The van der Waals surface area contributed by atoms with Crippen molar-refractivity contribution in [3.05, 3.63) is 63.6 Å². The molecule has 0 saturated carbocycles. The van der Waals surface area contributed by atoms with Crippen LogP contribution in [0.2, 0.25) is 0 Å². The van der Waals surface area contributed by atoms with Crippen LogP contribution >= 0.6 is 15.9 Å². The molecule has 2 rings (SSSR count). The number of ether oxygens (including phenoxy) is 1. The van der Waals surface area contributed by atoms with Gasteiger partial charge < -0.3 is 9.84 Å². The van der Waals surface area contributed by atoms with Crippen LogP contribution < -0.4 is 4.74 Å². The highest BCUT2D eigenvalue weighted by Crippen LogP contribution is 2.25. The lowest BCUT2D eigenvalue weighted by atomic mass is 10.0. The number of aliphatic hydroxyl groups excluding tert-OH is 1. The maximum Gasteiger partial charge on any atom is 0.165 e. The van der Waals surface area contributed by atoms with E-state index in [0.29, 0.717) is 11.1 Å². The number of halogens is 3. The Labute approximate surface area is 124 Å². The van der Waals surface area contributed by atoms with E-state index >= 15 is 0 Å². The first-order valence-corrected chi connectivity index (χ1v) is 6.76. The number of aliphatic hydroxyl groups is 1. The van der Waals surface area contributed by atoms with Crippen molar-refractivity contribution in [2.75, 3.05) is 7.11 Å². The fourth-order valence-electron chi connectivity index (χ4n) is 1.90. The van der Waals surface area contributed by atoms with Crippen LogP contribution in [0.25, 0.3) is 0 Å². The van der Waals surface area contributed by atoms with E-state index in [-0.39, 0.29) is 16.6 Å². The summed E-state index contributed by atoms with van der Waals surface area (Å²) in [6, 6.07) is 8.81. The maximum absolute atomic E-state index is 13.6. The van der Waals surface area contributed by atoms with Gasteiger partial charge in [-0.05, 0) is 51.3 Å². The summed E-state index contributed by atoms with van der Waals surface area (Å²) in [7, 11) is 1.39. The molecular weight excluding hydrogens is 330 g/mol. The van der Waals surface area contributed by atoms with Gasteiger partial charge in [-0.1, -0.05) is 12.1 Å². The number of hydrogen-bond donors (Lipinski definition) is 1. The van der Waals surface area contributed by atoms with Gasteiger partial charge in [-0.3, -0.25) is 0 Å². The Bertz CT molecular complexity index is 617. The van der Waals surface area contributed by atoms with Crippen LogP contribution in [0.5, 0.6) is 5.75 Å². The van der Waals surface area contributed by atoms with Crippen LogP contribution in [0, 0.1) is 11.6 Å². The van der Waals surface area contributed by atoms with Gasteiger partial charge in [-0.2, -0.15) is 0 Å². The van der Waals surface area contributed by atoms with Gasteiger partial charge in [0.05, 0.1) is 17.7 Å². The topological polar surface area (TPSA) is 29.5 Å². The molecule has 0 aliphatic rings. The van der Waals surface area contributed by atoms with E-state index in [9.17, 15) is 13.9 Å². The van der Waals surface area contributed by atoms with Gasteiger partial charge in [-0.15, -0.1) is 0 Å². The second kappa shape index (κ2) is 6.33. The first kappa shape index (κ1) is 14.9. The van der Waals surface area contributed by atoms with Crippen LogP contribution in [-0.4, -0.2) is 12.2 Å². The molecule has 1 N–H and O–H groups in total. The third-order valence-electron chi connectivity index (χ3n) is 2.97. The second-order valence-electron chi connectivity index (χ2n) is 4.36. The molecule has 0 radical (unpaired) electrons. The summed E-state index contributed by atoms with van der Waals surface area (Å²) in [6.07, 6.45) is -0.599. The molecule has 2 aromatic rings. The van der Waals surface area contributed by atoms with Crippen molar-refractivity contribution in [1.82, 2.24) is 0 Å². The predicted octanol–water partition coefficient (Wildman–Crippen LogP) is 4.01. The zero-order valence-corrected chi connectivity index (χ0v) is 12.3. The quantitative estimate of drug-likeness (QED) is 0.909. The third-order valence-corrected chi connectivity index (χ3v) is 3.58. The molecule has 0 aliphatic heterocycles. The van der Waals surface area contributed by atoms with Crippen LogP contribution in [0.1, 0.15) is 17.2 Å². The first-order chi connectivity index (χ1) is 9.51. The van der Waals surface area contributed by atoms with Crippen molar-refractivity contribution >= 4 is 15.9 Å². The molecule has 0 saturated heterocycles. The standard InChI is InChI=1S/C15H13BrF2O2/c1-20-15-5-2-9(6-13(15)18)7-14(19)10-3-4-12(17)11(16)8-10/h2-6,8,14,19H,7H2,1H3. The summed E-state index contributed by atoms with van der Waals surface area (Å²) in [5, 5.41) is 10.1. The average Bonchev–Trinajstić information content (AvgIpc) is 2.42. The fourth-order valence-corrected chi connectivity index (χ4v) is 2.29. The zero-order valence-electron chi connectivity index (χ0n) is 10.7. The Kier molecular flexibility index (Phi) is 4.73. The molecule has 5 heteroatoms. The van der Waals surface area contributed by atoms with Gasteiger partial charge >= 0.3 is 0 Å². The smallest absolute Gasteiger partial charge is 0.165 e. The van der Waals surface area contributed by atoms with Gasteiger partial charge in [-0.25, -0.2) is 8.78 Å². The number of rotatable bonds is 4. The summed E-state index contributed by atoms with van der Waals surface area (Å²) in [4.78, 5) is 0. The summed E-state index contributed by atoms with van der Waals surface area (Å²) in [5.74, 6) is -0.707. The molecule has 2 aromatic carbocycles. The highest BCUT2D eigenvalue weighted by Gasteiger charge is 2.12. The molecule has 0 aliphatic carbocycles. The predicted molar refractivity (Wildman–Crippen MR) is 75.7 cm³/mol. The van der Waals surface area contributed by atoms with Crippen molar-refractivity contribution in [3.8, 4) is 5.75 Å². The molecule has 20 heavy (non-hydrogen) atoms. The normalized spacial score (nSPS) is 12.2. The van der Waals surface area contributed by atoms with E-state index < -0.39 is 17.7 Å². The Hall–Kier alpha value is -1.46. The second-order valence-corrected chi connectivity index (χ2v) is 5.22. The average molecular weight is 343 g/mol. The number of methoxy groups -OCH3 is 1. The molecule has 106 valence electrons. The lowest BCUT2D eigenvalue weighted by Gasteiger charge is -2.12. The van der Waals surface area contributed by atoms with E-state index in [1.165, 1.54) is 37.4 Å². The molecule has 0 spiro atoms.